The van der Waals surface area contributed by atoms with Crippen LogP contribution in [0.4, 0.5) is 0 Å². The van der Waals surface area contributed by atoms with Gasteiger partial charge in [0.2, 0.25) is 17.6 Å². The fourth-order valence-electron chi connectivity index (χ4n) is 4.14. The molecule has 2 aromatic carbocycles. The molecule has 0 aliphatic carbocycles. The molecule has 1 amide bonds. The highest BCUT2D eigenvalue weighted by molar-refractivity contribution is 5.78. The molecule has 0 bridgehead atoms. The lowest BCUT2D eigenvalue weighted by molar-refractivity contribution is -0.136. The summed E-state index contributed by atoms with van der Waals surface area (Å²) in [7, 11) is 1.90. The van der Waals surface area contributed by atoms with Gasteiger partial charge in [-0.1, -0.05) is 59.3 Å². The molecule has 4 rings (SSSR count). The fourth-order valence-corrected chi connectivity index (χ4v) is 4.14. The largest absolute Gasteiger partial charge is 0.341 e. The highest BCUT2D eigenvalue weighted by Crippen LogP contribution is 2.23. The smallest absolute Gasteiger partial charge is 0.241 e. The summed E-state index contributed by atoms with van der Waals surface area (Å²) < 4.78 is 5.49. The monoisotopic (exact) mass is 418 g/mol. The third kappa shape index (κ3) is 5.20. The summed E-state index contributed by atoms with van der Waals surface area (Å²) in [5.74, 6) is 1.58. The van der Waals surface area contributed by atoms with Crippen molar-refractivity contribution in [3.63, 3.8) is 0 Å². The quantitative estimate of drug-likeness (QED) is 0.600. The van der Waals surface area contributed by atoms with Gasteiger partial charge in [-0.3, -0.25) is 9.69 Å². The van der Waals surface area contributed by atoms with Gasteiger partial charge in [0.25, 0.3) is 0 Å². The standard InChI is InChI=1S/C25H30N4O2/c1-18-8-10-20(11-9-18)16-28(3)25(30)21-12-14-29(15-13-21)17-23-26-24(27-31-23)22-7-5-4-6-19(22)2/h4-11,21H,12-17H2,1-3H3. The van der Waals surface area contributed by atoms with Crippen LogP contribution >= 0.6 is 0 Å². The minimum Gasteiger partial charge on any atom is -0.341 e. The maximum absolute atomic E-state index is 12.9. The normalized spacial score (nSPS) is 15.2. The van der Waals surface area contributed by atoms with Gasteiger partial charge in [0.1, 0.15) is 0 Å². The van der Waals surface area contributed by atoms with Crippen LogP contribution in [0.3, 0.4) is 0 Å². The molecule has 162 valence electrons. The molecule has 2 heterocycles. The van der Waals surface area contributed by atoms with Crippen molar-refractivity contribution in [2.24, 2.45) is 5.92 Å². The summed E-state index contributed by atoms with van der Waals surface area (Å²) in [6.07, 6.45) is 1.71. The van der Waals surface area contributed by atoms with E-state index in [2.05, 4.69) is 46.2 Å². The van der Waals surface area contributed by atoms with Gasteiger partial charge in [-0.25, -0.2) is 0 Å². The second-order valence-electron chi connectivity index (χ2n) is 8.56. The number of aryl methyl sites for hydroxylation is 2. The number of amides is 1. The number of carbonyl (C=O) groups excluding carboxylic acids is 1. The molecule has 1 aromatic heterocycles. The van der Waals surface area contributed by atoms with E-state index in [4.69, 9.17) is 4.52 Å². The molecule has 1 saturated heterocycles. The molecule has 1 aliphatic heterocycles. The molecule has 0 saturated carbocycles. The van der Waals surface area contributed by atoms with Gasteiger partial charge < -0.3 is 9.42 Å². The Morgan fingerprint density at radius 1 is 1.10 bits per heavy atom. The molecule has 0 radical (unpaired) electrons. The lowest BCUT2D eigenvalue weighted by Gasteiger charge is -2.32. The van der Waals surface area contributed by atoms with Gasteiger partial charge in [0.05, 0.1) is 6.54 Å². The molecule has 6 nitrogen and oxygen atoms in total. The first-order chi connectivity index (χ1) is 15.0. The molecule has 0 spiro atoms. The zero-order chi connectivity index (χ0) is 21.8. The van der Waals surface area contributed by atoms with Gasteiger partial charge >= 0.3 is 0 Å². The van der Waals surface area contributed by atoms with Crippen LogP contribution in [0, 0.1) is 19.8 Å². The average molecular weight is 419 g/mol. The Kier molecular flexibility index (Phi) is 6.47. The average Bonchev–Trinajstić information content (AvgIpc) is 3.24. The number of benzene rings is 2. The number of aromatic nitrogens is 2. The lowest BCUT2D eigenvalue weighted by Crippen LogP contribution is -2.40. The van der Waals surface area contributed by atoms with E-state index in [1.807, 2.05) is 43.1 Å². The van der Waals surface area contributed by atoms with Crippen molar-refractivity contribution in [3.05, 3.63) is 71.1 Å². The zero-order valence-corrected chi connectivity index (χ0v) is 18.5. The van der Waals surface area contributed by atoms with E-state index < -0.39 is 0 Å². The first kappa shape index (κ1) is 21.2. The number of likely N-dealkylation sites (tertiary alicyclic amines) is 1. The summed E-state index contributed by atoms with van der Waals surface area (Å²) in [5.41, 5.74) is 4.53. The summed E-state index contributed by atoms with van der Waals surface area (Å²) >= 11 is 0. The molecule has 0 atom stereocenters. The van der Waals surface area contributed by atoms with Crippen LogP contribution in [-0.4, -0.2) is 46.0 Å². The van der Waals surface area contributed by atoms with Crippen molar-refractivity contribution < 1.29 is 9.32 Å². The predicted octanol–water partition coefficient (Wildman–Crippen LogP) is 4.22. The first-order valence-electron chi connectivity index (χ1n) is 10.9. The van der Waals surface area contributed by atoms with Crippen LogP contribution < -0.4 is 0 Å². The number of nitrogens with zero attached hydrogens (tertiary/aromatic N) is 4. The SMILES string of the molecule is Cc1ccc(CN(C)C(=O)C2CCN(Cc3nc(-c4ccccc4C)no3)CC2)cc1. The van der Waals surface area contributed by atoms with Crippen LogP contribution in [0.5, 0.6) is 0 Å². The van der Waals surface area contributed by atoms with Crippen LogP contribution in [0.15, 0.2) is 53.1 Å². The van der Waals surface area contributed by atoms with Crippen molar-refractivity contribution in [1.82, 2.24) is 19.9 Å². The minimum absolute atomic E-state index is 0.0805. The van der Waals surface area contributed by atoms with E-state index in [0.29, 0.717) is 24.8 Å². The fraction of sp³-hybridized carbons (Fsp3) is 0.400. The van der Waals surface area contributed by atoms with E-state index >= 15 is 0 Å². The van der Waals surface area contributed by atoms with Crippen molar-refractivity contribution >= 4 is 5.91 Å². The molecule has 31 heavy (non-hydrogen) atoms. The molecular weight excluding hydrogens is 388 g/mol. The van der Waals surface area contributed by atoms with Gasteiger partial charge in [-0.2, -0.15) is 4.98 Å². The zero-order valence-electron chi connectivity index (χ0n) is 18.5. The summed E-state index contributed by atoms with van der Waals surface area (Å²) in [6.45, 7) is 7.11. The number of carbonyl (C=O) groups is 1. The van der Waals surface area contributed by atoms with Crippen molar-refractivity contribution in [2.45, 2.75) is 39.8 Å². The molecule has 0 N–H and O–H groups in total. The van der Waals surface area contributed by atoms with Crippen molar-refractivity contribution in [2.75, 3.05) is 20.1 Å². The third-order valence-electron chi connectivity index (χ3n) is 6.07. The second kappa shape index (κ2) is 9.43. The Bertz CT molecular complexity index is 1020. The predicted molar refractivity (Wildman–Crippen MR) is 120 cm³/mol. The van der Waals surface area contributed by atoms with E-state index in [9.17, 15) is 4.79 Å². The number of hydrogen-bond acceptors (Lipinski definition) is 5. The van der Waals surface area contributed by atoms with E-state index in [0.717, 1.165) is 37.1 Å². The maximum atomic E-state index is 12.9. The Morgan fingerprint density at radius 3 is 2.52 bits per heavy atom. The first-order valence-corrected chi connectivity index (χ1v) is 10.9. The van der Waals surface area contributed by atoms with Crippen LogP contribution in [0.1, 0.15) is 35.4 Å². The van der Waals surface area contributed by atoms with Crippen molar-refractivity contribution in [1.29, 1.82) is 0 Å². The van der Waals surface area contributed by atoms with E-state index in [1.54, 1.807) is 0 Å². The van der Waals surface area contributed by atoms with E-state index in [-0.39, 0.29) is 11.8 Å². The molecule has 6 heteroatoms. The number of rotatable bonds is 6. The summed E-state index contributed by atoms with van der Waals surface area (Å²) in [5, 5.41) is 4.15. The Hall–Kier alpha value is -2.99. The van der Waals surface area contributed by atoms with Crippen LogP contribution in [0.25, 0.3) is 11.4 Å². The van der Waals surface area contributed by atoms with Crippen LogP contribution in [0.2, 0.25) is 0 Å². The Balaban J connectivity index is 1.28. The second-order valence-corrected chi connectivity index (χ2v) is 8.56. The summed E-state index contributed by atoms with van der Waals surface area (Å²) in [4.78, 5) is 21.6. The molecule has 1 aliphatic rings. The van der Waals surface area contributed by atoms with Gasteiger partial charge in [-0.15, -0.1) is 0 Å². The van der Waals surface area contributed by atoms with Crippen LogP contribution in [-0.2, 0) is 17.9 Å². The molecule has 3 aromatic rings. The van der Waals surface area contributed by atoms with Gasteiger partial charge in [-0.05, 0) is 50.9 Å². The Labute approximate surface area is 183 Å². The van der Waals surface area contributed by atoms with Gasteiger partial charge in [0, 0.05) is 25.1 Å². The minimum atomic E-state index is 0.0805. The number of piperidine rings is 1. The van der Waals surface area contributed by atoms with Gasteiger partial charge in [0.15, 0.2) is 0 Å². The number of hydrogen-bond donors (Lipinski definition) is 0. The molecule has 1 fully saturated rings. The highest BCUT2D eigenvalue weighted by atomic mass is 16.5. The molecule has 0 unspecified atom stereocenters. The lowest BCUT2D eigenvalue weighted by atomic mass is 9.95. The van der Waals surface area contributed by atoms with E-state index in [1.165, 1.54) is 11.1 Å². The van der Waals surface area contributed by atoms with Crippen molar-refractivity contribution in [3.8, 4) is 11.4 Å². The third-order valence-corrected chi connectivity index (χ3v) is 6.07. The molecular formula is C25H30N4O2. The Morgan fingerprint density at radius 2 is 1.81 bits per heavy atom. The maximum Gasteiger partial charge on any atom is 0.241 e. The topological polar surface area (TPSA) is 62.5 Å². The summed E-state index contributed by atoms with van der Waals surface area (Å²) in [6, 6.07) is 16.4. The highest BCUT2D eigenvalue weighted by Gasteiger charge is 2.28.